The van der Waals surface area contributed by atoms with Gasteiger partial charge in [0.1, 0.15) is 17.3 Å². The van der Waals surface area contributed by atoms with Crippen LogP contribution in [-0.4, -0.2) is 25.9 Å². The van der Waals surface area contributed by atoms with Gasteiger partial charge in [-0.05, 0) is 25.1 Å². The van der Waals surface area contributed by atoms with Crippen molar-refractivity contribution >= 4 is 0 Å². The van der Waals surface area contributed by atoms with Gasteiger partial charge in [-0.3, -0.25) is 5.43 Å². The molecule has 0 radical (unpaired) electrons. The Bertz CT molecular complexity index is 718. The molecular weight excluding hydrogens is 347 g/mol. The van der Waals surface area contributed by atoms with E-state index in [1.165, 1.54) is 0 Å². The molecule has 0 amide bonds. The van der Waals surface area contributed by atoms with E-state index >= 15 is 0 Å². The van der Waals surface area contributed by atoms with E-state index in [9.17, 15) is 13.2 Å². The van der Waals surface area contributed by atoms with Crippen LogP contribution in [0, 0.1) is 12.8 Å². The molecule has 1 saturated heterocycles. The summed E-state index contributed by atoms with van der Waals surface area (Å²) >= 11 is 0. The van der Waals surface area contributed by atoms with Gasteiger partial charge < -0.3 is 14.5 Å². The first-order chi connectivity index (χ1) is 12.4. The van der Waals surface area contributed by atoms with Crippen LogP contribution in [0.1, 0.15) is 23.1 Å². The second-order valence-electron chi connectivity index (χ2n) is 6.35. The number of hydrazine groups is 1. The fraction of sp³-hybridized carbons (Fsp3) is 0.444. The molecule has 5 nitrogen and oxygen atoms in total. The highest BCUT2D eigenvalue weighted by atomic mass is 19.4. The molecule has 1 aromatic heterocycles. The molecule has 2 unspecified atom stereocenters. The minimum atomic E-state index is -4.35. The molecule has 26 heavy (non-hydrogen) atoms. The van der Waals surface area contributed by atoms with Crippen molar-refractivity contribution in [3.05, 3.63) is 53.5 Å². The number of furan rings is 1. The summed E-state index contributed by atoms with van der Waals surface area (Å²) in [5.74, 6) is 2.23. The summed E-state index contributed by atoms with van der Waals surface area (Å²) in [4.78, 5) is 0. The van der Waals surface area contributed by atoms with Crippen LogP contribution in [0.5, 0.6) is 5.75 Å². The Balaban J connectivity index is 1.54. The van der Waals surface area contributed by atoms with Crippen LogP contribution >= 0.6 is 0 Å². The van der Waals surface area contributed by atoms with Crippen LogP contribution in [0.4, 0.5) is 13.2 Å². The minimum absolute atomic E-state index is 0.0490. The number of halogens is 3. The summed E-state index contributed by atoms with van der Waals surface area (Å²) in [6.45, 7) is 2.48. The summed E-state index contributed by atoms with van der Waals surface area (Å²) in [5.41, 5.74) is 7.02. The van der Waals surface area contributed by atoms with Gasteiger partial charge in [-0.1, -0.05) is 18.2 Å². The van der Waals surface area contributed by atoms with Gasteiger partial charge >= 0.3 is 6.18 Å². The van der Waals surface area contributed by atoms with Crippen LogP contribution in [-0.2, 0) is 6.54 Å². The molecule has 3 rings (SSSR count). The summed E-state index contributed by atoms with van der Waals surface area (Å²) in [6, 6.07) is 10.7. The zero-order valence-electron chi connectivity index (χ0n) is 14.4. The van der Waals surface area contributed by atoms with Gasteiger partial charge in [-0.2, -0.15) is 13.2 Å². The van der Waals surface area contributed by atoms with Crippen LogP contribution in [0.2, 0.25) is 0 Å². The van der Waals surface area contributed by atoms with Gasteiger partial charge in [-0.25, -0.2) is 5.43 Å². The van der Waals surface area contributed by atoms with Gasteiger partial charge in [0.05, 0.1) is 6.04 Å². The molecule has 1 aliphatic heterocycles. The number of nitrogens with one attached hydrogen (secondary N) is 3. The van der Waals surface area contributed by atoms with E-state index in [1.54, 1.807) is 24.3 Å². The number of ether oxygens (including phenoxy) is 1. The monoisotopic (exact) mass is 369 g/mol. The van der Waals surface area contributed by atoms with Gasteiger partial charge in [-0.15, -0.1) is 0 Å². The number of benzene rings is 1. The molecule has 142 valence electrons. The summed E-state index contributed by atoms with van der Waals surface area (Å²) < 4.78 is 47.7. The third-order valence-electron chi connectivity index (χ3n) is 4.25. The Hall–Kier alpha value is -2.03. The molecule has 2 aromatic rings. The first-order valence-corrected chi connectivity index (χ1v) is 8.45. The zero-order valence-corrected chi connectivity index (χ0v) is 14.4. The van der Waals surface area contributed by atoms with Crippen molar-refractivity contribution in [1.82, 2.24) is 16.2 Å². The number of hydrogen-bond donors (Lipinski definition) is 3. The number of aryl methyl sites for hydroxylation is 1. The van der Waals surface area contributed by atoms with Crippen molar-refractivity contribution in [3.8, 4) is 5.75 Å². The lowest BCUT2D eigenvalue weighted by molar-refractivity contribution is -0.153. The van der Waals surface area contributed by atoms with Crippen LogP contribution in [0.25, 0.3) is 0 Å². The molecule has 2 heterocycles. The van der Waals surface area contributed by atoms with E-state index in [0.717, 1.165) is 18.1 Å². The summed E-state index contributed by atoms with van der Waals surface area (Å²) in [7, 11) is 0. The van der Waals surface area contributed by atoms with Gasteiger partial charge in [0, 0.05) is 31.1 Å². The average Bonchev–Trinajstić information content (AvgIpc) is 3.22. The number of hydrogen-bond acceptors (Lipinski definition) is 5. The maximum atomic E-state index is 12.4. The molecule has 0 spiro atoms. The van der Waals surface area contributed by atoms with E-state index in [4.69, 9.17) is 9.15 Å². The van der Waals surface area contributed by atoms with Crippen molar-refractivity contribution < 1.29 is 22.3 Å². The molecule has 0 bridgehead atoms. The average molecular weight is 369 g/mol. The topological polar surface area (TPSA) is 58.5 Å². The second kappa shape index (κ2) is 8.11. The molecule has 2 atom stereocenters. The van der Waals surface area contributed by atoms with Crippen molar-refractivity contribution in [1.29, 1.82) is 0 Å². The van der Waals surface area contributed by atoms with Gasteiger partial charge in [0.15, 0.2) is 6.61 Å². The molecule has 0 aliphatic carbocycles. The molecule has 0 saturated carbocycles. The van der Waals surface area contributed by atoms with Crippen molar-refractivity contribution in [2.45, 2.75) is 25.7 Å². The molecule has 1 fully saturated rings. The van der Waals surface area contributed by atoms with E-state index in [2.05, 4.69) is 16.2 Å². The number of para-hydroxylation sites is 1. The highest BCUT2D eigenvalue weighted by molar-refractivity contribution is 5.33. The predicted molar refractivity (Wildman–Crippen MR) is 90.5 cm³/mol. The third kappa shape index (κ3) is 5.00. The molecule has 1 aliphatic rings. The highest BCUT2D eigenvalue weighted by Gasteiger charge is 2.30. The maximum Gasteiger partial charge on any atom is 0.422 e. The van der Waals surface area contributed by atoms with E-state index in [1.807, 2.05) is 19.1 Å². The van der Waals surface area contributed by atoms with Crippen molar-refractivity contribution in [2.75, 3.05) is 19.7 Å². The van der Waals surface area contributed by atoms with Crippen LogP contribution < -0.4 is 20.9 Å². The quantitative estimate of drug-likeness (QED) is 0.700. The largest absolute Gasteiger partial charge is 0.484 e. The Morgan fingerprint density at radius 3 is 2.77 bits per heavy atom. The Morgan fingerprint density at radius 2 is 2.04 bits per heavy atom. The lowest BCUT2D eigenvalue weighted by Gasteiger charge is -2.18. The Kier molecular flexibility index (Phi) is 5.85. The summed E-state index contributed by atoms with van der Waals surface area (Å²) in [6.07, 6.45) is -4.35. The first-order valence-electron chi connectivity index (χ1n) is 8.45. The number of alkyl halides is 3. The molecular formula is C18H22F3N3O2. The number of rotatable bonds is 7. The Labute approximate surface area is 149 Å². The van der Waals surface area contributed by atoms with E-state index < -0.39 is 12.8 Å². The summed E-state index contributed by atoms with van der Waals surface area (Å²) in [5, 5.41) is 3.30. The third-order valence-corrected chi connectivity index (χ3v) is 4.25. The smallest absolute Gasteiger partial charge is 0.422 e. The molecule has 3 N–H and O–H groups in total. The standard InChI is InChI=1S/C18H22F3N3O2/c1-12-6-7-16(26-12)17-14(10-23-24-17)9-22-8-13-4-2-3-5-15(13)25-11-18(19,20)21/h2-7,14,17,22-24H,8-11H2,1H3. The molecule has 1 aromatic carbocycles. The molecule has 8 heteroatoms. The van der Waals surface area contributed by atoms with Crippen molar-refractivity contribution in [3.63, 3.8) is 0 Å². The van der Waals surface area contributed by atoms with Gasteiger partial charge in [0.2, 0.25) is 0 Å². The second-order valence-corrected chi connectivity index (χ2v) is 6.35. The normalized spacial score (nSPS) is 20.5. The van der Waals surface area contributed by atoms with Gasteiger partial charge in [0.25, 0.3) is 0 Å². The van der Waals surface area contributed by atoms with Crippen LogP contribution in [0.3, 0.4) is 0 Å². The zero-order chi connectivity index (χ0) is 18.6. The van der Waals surface area contributed by atoms with Crippen molar-refractivity contribution in [2.24, 2.45) is 5.92 Å². The fourth-order valence-corrected chi connectivity index (χ4v) is 2.99. The lowest BCUT2D eigenvalue weighted by atomic mass is 10.00. The van der Waals surface area contributed by atoms with Crippen LogP contribution in [0.15, 0.2) is 40.8 Å². The van der Waals surface area contributed by atoms with E-state index in [0.29, 0.717) is 18.7 Å². The first kappa shape index (κ1) is 18.8. The van der Waals surface area contributed by atoms with E-state index in [-0.39, 0.29) is 17.7 Å². The maximum absolute atomic E-state index is 12.4. The SMILES string of the molecule is Cc1ccc(C2NNCC2CNCc2ccccc2OCC(F)(F)F)o1. The minimum Gasteiger partial charge on any atom is -0.484 e. The Morgan fingerprint density at radius 1 is 1.23 bits per heavy atom. The fourth-order valence-electron chi connectivity index (χ4n) is 2.99. The lowest BCUT2D eigenvalue weighted by Crippen LogP contribution is -2.28. The highest BCUT2D eigenvalue weighted by Crippen LogP contribution is 2.26. The predicted octanol–water partition coefficient (Wildman–Crippen LogP) is 3.08.